The van der Waals surface area contributed by atoms with Crippen molar-refractivity contribution in [2.45, 2.75) is 13.3 Å². The molecule has 0 unspecified atom stereocenters. The molecule has 0 radical (unpaired) electrons. The lowest BCUT2D eigenvalue weighted by Crippen LogP contribution is -2.04. The second-order valence-electron chi connectivity index (χ2n) is 3.20. The van der Waals surface area contributed by atoms with Gasteiger partial charge in [0.1, 0.15) is 0 Å². The van der Waals surface area contributed by atoms with Crippen LogP contribution in [0.15, 0.2) is 22.9 Å². The zero-order chi connectivity index (χ0) is 9.97. The van der Waals surface area contributed by atoms with Crippen LogP contribution in [0.5, 0.6) is 0 Å². The third kappa shape index (κ3) is 1.44. The summed E-state index contributed by atoms with van der Waals surface area (Å²) in [6.45, 7) is 2.54. The SMILES string of the molecule is Cc1noc(-c2ccc[nH]2)c1CCN. The minimum absolute atomic E-state index is 0.607. The van der Waals surface area contributed by atoms with Gasteiger partial charge in [-0.15, -0.1) is 0 Å². The van der Waals surface area contributed by atoms with E-state index in [1.54, 1.807) is 0 Å². The Morgan fingerprint density at radius 3 is 3.07 bits per heavy atom. The minimum atomic E-state index is 0.607. The van der Waals surface area contributed by atoms with Crippen LogP contribution < -0.4 is 5.73 Å². The summed E-state index contributed by atoms with van der Waals surface area (Å²) < 4.78 is 5.26. The Hall–Kier alpha value is -1.55. The monoisotopic (exact) mass is 191 g/mol. The zero-order valence-electron chi connectivity index (χ0n) is 8.08. The van der Waals surface area contributed by atoms with Gasteiger partial charge in [-0.3, -0.25) is 0 Å². The molecule has 0 fully saturated rings. The van der Waals surface area contributed by atoms with E-state index in [1.165, 1.54) is 0 Å². The van der Waals surface area contributed by atoms with Crippen molar-refractivity contribution in [1.82, 2.24) is 10.1 Å². The third-order valence-electron chi connectivity index (χ3n) is 2.22. The molecule has 0 bridgehead atoms. The highest BCUT2D eigenvalue weighted by atomic mass is 16.5. The van der Waals surface area contributed by atoms with Crippen LogP contribution in [0.1, 0.15) is 11.3 Å². The Balaban J connectivity index is 2.43. The van der Waals surface area contributed by atoms with Gasteiger partial charge in [0.25, 0.3) is 0 Å². The van der Waals surface area contributed by atoms with Crippen LogP contribution >= 0.6 is 0 Å². The molecule has 0 aromatic carbocycles. The summed E-state index contributed by atoms with van der Waals surface area (Å²) in [4.78, 5) is 3.09. The maximum atomic E-state index is 5.53. The minimum Gasteiger partial charge on any atom is -0.359 e. The number of hydrogen-bond donors (Lipinski definition) is 2. The molecule has 74 valence electrons. The molecule has 0 spiro atoms. The van der Waals surface area contributed by atoms with E-state index < -0.39 is 0 Å². The van der Waals surface area contributed by atoms with Gasteiger partial charge >= 0.3 is 0 Å². The van der Waals surface area contributed by atoms with Crippen molar-refractivity contribution in [3.63, 3.8) is 0 Å². The highest BCUT2D eigenvalue weighted by Gasteiger charge is 2.14. The molecule has 14 heavy (non-hydrogen) atoms. The predicted molar refractivity (Wildman–Crippen MR) is 53.8 cm³/mol. The second kappa shape index (κ2) is 3.67. The van der Waals surface area contributed by atoms with Gasteiger partial charge in [0.2, 0.25) is 0 Å². The molecule has 4 nitrogen and oxygen atoms in total. The summed E-state index contributed by atoms with van der Waals surface area (Å²) >= 11 is 0. The normalized spacial score (nSPS) is 10.7. The standard InChI is InChI=1S/C10H13N3O/c1-7-8(4-5-11)10(14-13-7)9-3-2-6-12-9/h2-3,6,12H,4-5,11H2,1H3. The highest BCUT2D eigenvalue weighted by molar-refractivity contribution is 5.57. The number of aromatic nitrogens is 2. The first-order chi connectivity index (χ1) is 6.83. The van der Waals surface area contributed by atoms with Crippen LogP contribution in [0.2, 0.25) is 0 Å². The Bertz CT molecular complexity index is 403. The van der Waals surface area contributed by atoms with Gasteiger partial charge in [-0.1, -0.05) is 5.16 Å². The summed E-state index contributed by atoms with van der Waals surface area (Å²) in [7, 11) is 0. The third-order valence-corrected chi connectivity index (χ3v) is 2.22. The van der Waals surface area contributed by atoms with E-state index in [2.05, 4.69) is 10.1 Å². The molecule has 0 atom stereocenters. The highest BCUT2D eigenvalue weighted by Crippen LogP contribution is 2.24. The smallest absolute Gasteiger partial charge is 0.186 e. The summed E-state index contributed by atoms with van der Waals surface area (Å²) in [5.74, 6) is 0.804. The molecule has 2 rings (SSSR count). The lowest BCUT2D eigenvalue weighted by molar-refractivity contribution is 0.425. The van der Waals surface area contributed by atoms with Crippen molar-refractivity contribution in [1.29, 1.82) is 0 Å². The number of nitrogens with two attached hydrogens (primary N) is 1. The molecular formula is C10H13N3O. The average Bonchev–Trinajstić information content (AvgIpc) is 2.77. The van der Waals surface area contributed by atoms with Gasteiger partial charge in [-0.2, -0.15) is 0 Å². The fourth-order valence-corrected chi connectivity index (χ4v) is 1.51. The molecule has 2 aromatic heterocycles. The maximum Gasteiger partial charge on any atom is 0.186 e. The van der Waals surface area contributed by atoms with Crippen LogP contribution in [-0.4, -0.2) is 16.7 Å². The van der Waals surface area contributed by atoms with Crippen LogP contribution in [0.3, 0.4) is 0 Å². The van der Waals surface area contributed by atoms with Gasteiger partial charge in [0.15, 0.2) is 5.76 Å². The maximum absolute atomic E-state index is 5.53. The van der Waals surface area contributed by atoms with Crippen LogP contribution in [-0.2, 0) is 6.42 Å². The van der Waals surface area contributed by atoms with Gasteiger partial charge in [0, 0.05) is 11.8 Å². The molecule has 4 heteroatoms. The summed E-state index contributed by atoms with van der Waals surface area (Å²) in [6, 6.07) is 3.89. The number of rotatable bonds is 3. The van der Waals surface area contributed by atoms with Crippen molar-refractivity contribution >= 4 is 0 Å². The van der Waals surface area contributed by atoms with E-state index in [9.17, 15) is 0 Å². The van der Waals surface area contributed by atoms with Gasteiger partial charge in [-0.25, -0.2) is 0 Å². The summed E-state index contributed by atoms with van der Waals surface area (Å²) in [6.07, 6.45) is 2.66. The van der Waals surface area contributed by atoms with E-state index in [-0.39, 0.29) is 0 Å². The first kappa shape index (κ1) is 9.02. The average molecular weight is 191 g/mol. The van der Waals surface area contributed by atoms with Crippen LogP contribution in [0.25, 0.3) is 11.5 Å². The first-order valence-corrected chi connectivity index (χ1v) is 4.62. The molecular weight excluding hydrogens is 178 g/mol. The van der Waals surface area contributed by atoms with E-state index in [0.29, 0.717) is 6.54 Å². The number of aryl methyl sites for hydroxylation is 1. The number of hydrogen-bond acceptors (Lipinski definition) is 3. The molecule has 0 saturated heterocycles. The van der Waals surface area contributed by atoms with Gasteiger partial charge in [-0.05, 0) is 32.0 Å². The van der Waals surface area contributed by atoms with E-state index in [4.69, 9.17) is 10.3 Å². The van der Waals surface area contributed by atoms with E-state index in [0.717, 1.165) is 29.1 Å². The fraction of sp³-hybridized carbons (Fsp3) is 0.300. The Morgan fingerprint density at radius 1 is 1.57 bits per heavy atom. The first-order valence-electron chi connectivity index (χ1n) is 4.62. The molecule has 2 heterocycles. The topological polar surface area (TPSA) is 67.8 Å². The van der Waals surface area contributed by atoms with Crippen molar-refractivity contribution in [2.75, 3.05) is 6.54 Å². The molecule has 0 saturated carbocycles. The molecule has 3 N–H and O–H groups in total. The Labute approximate surface area is 82.1 Å². The van der Waals surface area contributed by atoms with Crippen molar-refractivity contribution in [3.8, 4) is 11.5 Å². The molecule has 0 aliphatic carbocycles. The van der Waals surface area contributed by atoms with Crippen molar-refractivity contribution in [3.05, 3.63) is 29.6 Å². The zero-order valence-corrected chi connectivity index (χ0v) is 8.08. The van der Waals surface area contributed by atoms with Crippen molar-refractivity contribution in [2.24, 2.45) is 5.73 Å². The van der Waals surface area contributed by atoms with Gasteiger partial charge in [0.05, 0.1) is 11.4 Å². The number of nitrogens with zero attached hydrogens (tertiary/aromatic N) is 1. The number of nitrogens with one attached hydrogen (secondary N) is 1. The van der Waals surface area contributed by atoms with E-state index in [1.807, 2.05) is 25.3 Å². The van der Waals surface area contributed by atoms with Crippen LogP contribution in [0.4, 0.5) is 0 Å². The number of aromatic amines is 1. The molecule has 0 aliphatic rings. The summed E-state index contributed by atoms with van der Waals surface area (Å²) in [5, 5.41) is 3.94. The molecule has 0 aliphatic heterocycles. The lowest BCUT2D eigenvalue weighted by Gasteiger charge is -1.97. The largest absolute Gasteiger partial charge is 0.359 e. The fourth-order valence-electron chi connectivity index (χ4n) is 1.51. The van der Waals surface area contributed by atoms with E-state index >= 15 is 0 Å². The van der Waals surface area contributed by atoms with Gasteiger partial charge < -0.3 is 15.2 Å². The van der Waals surface area contributed by atoms with Crippen molar-refractivity contribution < 1.29 is 4.52 Å². The predicted octanol–water partition coefficient (Wildman–Crippen LogP) is 1.48. The quantitative estimate of drug-likeness (QED) is 0.772. The summed E-state index contributed by atoms with van der Waals surface area (Å²) in [5.41, 5.74) is 8.49. The van der Waals surface area contributed by atoms with Crippen LogP contribution in [0, 0.1) is 6.92 Å². The molecule has 0 amide bonds. The second-order valence-corrected chi connectivity index (χ2v) is 3.20. The number of H-pyrrole nitrogens is 1. The Morgan fingerprint density at radius 2 is 2.43 bits per heavy atom. The lowest BCUT2D eigenvalue weighted by atomic mass is 10.1. The molecule has 2 aromatic rings. The Kier molecular flexibility index (Phi) is 2.37.